The molecule has 0 unspecified atom stereocenters. The van der Waals surface area contributed by atoms with Crippen LogP contribution in [0.2, 0.25) is 0 Å². The molecule has 2 aromatic heterocycles. The van der Waals surface area contributed by atoms with Crippen molar-refractivity contribution >= 4 is 23.7 Å². The van der Waals surface area contributed by atoms with Gasteiger partial charge in [0.15, 0.2) is 5.76 Å². The van der Waals surface area contributed by atoms with Gasteiger partial charge in [-0.05, 0) is 49.2 Å². The maximum Gasteiger partial charge on any atom is 0.338 e. The van der Waals surface area contributed by atoms with Crippen LogP contribution in [0.5, 0.6) is 5.75 Å². The summed E-state index contributed by atoms with van der Waals surface area (Å²) in [5.41, 5.74) is 5.05. The zero-order valence-corrected chi connectivity index (χ0v) is 24.2. The highest BCUT2D eigenvalue weighted by Crippen LogP contribution is 2.37. The lowest BCUT2D eigenvalue weighted by molar-refractivity contribution is -0.139. The highest BCUT2D eigenvalue weighted by Gasteiger charge is 2.35. The summed E-state index contributed by atoms with van der Waals surface area (Å²) >= 11 is 1.52. The van der Waals surface area contributed by atoms with E-state index in [-0.39, 0.29) is 12.6 Å². The number of fused-ring (bicyclic) bond motifs is 1. The Balaban J connectivity index is 1.20. The van der Waals surface area contributed by atoms with Crippen LogP contribution >= 0.6 is 11.8 Å². The number of methoxy groups -OCH3 is 1. The fourth-order valence-corrected chi connectivity index (χ4v) is 5.58. The SMILES string of the molecule is CCOC(=O)C1=C(C)Nc2nc(SCc3ccc(-c4ncc(-c5ccccc5)o4)cc3)nn2[C@@H]1c1ccc(OC)cc1. The summed E-state index contributed by atoms with van der Waals surface area (Å²) in [5, 5.41) is 8.64. The highest BCUT2D eigenvalue weighted by molar-refractivity contribution is 7.98. The summed E-state index contributed by atoms with van der Waals surface area (Å²) in [7, 11) is 1.62. The molecular formula is C32H29N5O4S. The summed E-state index contributed by atoms with van der Waals surface area (Å²) in [6, 6.07) is 25.1. The number of carbonyl (C=O) groups is 1. The predicted molar refractivity (Wildman–Crippen MR) is 161 cm³/mol. The van der Waals surface area contributed by atoms with Crippen LogP contribution in [0, 0.1) is 0 Å². The molecule has 3 aromatic carbocycles. The molecule has 0 saturated heterocycles. The van der Waals surface area contributed by atoms with Crippen LogP contribution in [-0.2, 0) is 15.3 Å². The first kappa shape index (κ1) is 27.3. The number of rotatable bonds is 9. The van der Waals surface area contributed by atoms with E-state index in [9.17, 15) is 4.79 Å². The minimum absolute atomic E-state index is 0.277. The molecule has 10 heteroatoms. The van der Waals surface area contributed by atoms with Crippen LogP contribution in [0.25, 0.3) is 22.8 Å². The Kier molecular flexibility index (Phi) is 7.78. The second-order valence-corrected chi connectivity index (χ2v) is 10.5. The van der Waals surface area contributed by atoms with E-state index in [2.05, 4.69) is 10.3 Å². The van der Waals surface area contributed by atoms with E-state index < -0.39 is 6.04 Å². The Bertz CT molecular complexity index is 1730. The molecule has 6 rings (SSSR count). The van der Waals surface area contributed by atoms with Gasteiger partial charge in [0.25, 0.3) is 0 Å². The van der Waals surface area contributed by atoms with Crippen LogP contribution in [0.3, 0.4) is 0 Å². The minimum Gasteiger partial charge on any atom is -0.497 e. The van der Waals surface area contributed by atoms with Crippen molar-refractivity contribution in [2.45, 2.75) is 30.8 Å². The summed E-state index contributed by atoms with van der Waals surface area (Å²) in [6.07, 6.45) is 1.75. The number of thioether (sulfide) groups is 1. The third-order valence-electron chi connectivity index (χ3n) is 6.89. The Labute approximate surface area is 247 Å². The summed E-state index contributed by atoms with van der Waals surface area (Å²) in [4.78, 5) is 22.2. The quantitative estimate of drug-likeness (QED) is 0.150. The molecule has 0 aliphatic carbocycles. The Morgan fingerprint density at radius 2 is 1.79 bits per heavy atom. The number of aromatic nitrogens is 4. The maximum absolute atomic E-state index is 13.0. The third-order valence-corrected chi connectivity index (χ3v) is 7.80. The number of hydrogen-bond acceptors (Lipinski definition) is 9. The molecular weight excluding hydrogens is 550 g/mol. The molecule has 212 valence electrons. The van der Waals surface area contributed by atoms with Gasteiger partial charge >= 0.3 is 5.97 Å². The molecule has 1 aliphatic heterocycles. The van der Waals surface area contributed by atoms with Crippen molar-refractivity contribution < 1.29 is 18.7 Å². The smallest absolute Gasteiger partial charge is 0.338 e. The van der Waals surface area contributed by atoms with Gasteiger partial charge in [-0.1, -0.05) is 66.4 Å². The third kappa shape index (κ3) is 5.53. The summed E-state index contributed by atoms with van der Waals surface area (Å²) in [5.74, 6) is 2.88. The number of anilines is 1. The average Bonchev–Trinajstić information content (AvgIpc) is 3.68. The Morgan fingerprint density at radius 3 is 2.50 bits per heavy atom. The zero-order valence-electron chi connectivity index (χ0n) is 23.4. The van der Waals surface area contributed by atoms with E-state index in [1.54, 1.807) is 24.9 Å². The lowest BCUT2D eigenvalue weighted by Gasteiger charge is -2.28. The maximum atomic E-state index is 13.0. The van der Waals surface area contributed by atoms with Gasteiger partial charge in [-0.15, -0.1) is 5.10 Å². The summed E-state index contributed by atoms with van der Waals surface area (Å²) in [6.45, 7) is 3.92. The van der Waals surface area contributed by atoms with Crippen LogP contribution in [0.15, 0.2) is 106 Å². The molecule has 0 fully saturated rings. The molecule has 9 nitrogen and oxygen atoms in total. The molecule has 3 heterocycles. The lowest BCUT2D eigenvalue weighted by Crippen LogP contribution is -2.29. The molecule has 0 bridgehead atoms. The van der Waals surface area contributed by atoms with Gasteiger partial charge in [0, 0.05) is 22.6 Å². The molecule has 0 spiro atoms. The second-order valence-electron chi connectivity index (χ2n) is 9.60. The fourth-order valence-electron chi connectivity index (χ4n) is 4.80. The van der Waals surface area contributed by atoms with Gasteiger partial charge < -0.3 is 19.2 Å². The number of oxazole rings is 1. The molecule has 0 saturated carbocycles. The molecule has 0 amide bonds. The number of nitrogens with zero attached hydrogens (tertiary/aromatic N) is 4. The molecule has 1 atom stereocenters. The first-order chi connectivity index (χ1) is 20.5. The zero-order chi connectivity index (χ0) is 29.1. The first-order valence-corrected chi connectivity index (χ1v) is 14.5. The van der Waals surface area contributed by atoms with E-state index in [0.717, 1.165) is 33.8 Å². The van der Waals surface area contributed by atoms with E-state index in [1.807, 2.05) is 85.8 Å². The van der Waals surface area contributed by atoms with Crippen molar-refractivity contribution in [3.05, 3.63) is 107 Å². The average molecular weight is 580 g/mol. The highest BCUT2D eigenvalue weighted by atomic mass is 32.2. The molecule has 5 aromatic rings. The van der Waals surface area contributed by atoms with E-state index in [1.165, 1.54) is 11.8 Å². The van der Waals surface area contributed by atoms with Gasteiger partial charge in [0.2, 0.25) is 17.0 Å². The molecule has 0 radical (unpaired) electrons. The van der Waals surface area contributed by atoms with Crippen molar-refractivity contribution in [3.63, 3.8) is 0 Å². The molecule has 42 heavy (non-hydrogen) atoms. The van der Waals surface area contributed by atoms with Gasteiger partial charge in [-0.3, -0.25) is 0 Å². The van der Waals surface area contributed by atoms with Crippen molar-refractivity contribution in [2.24, 2.45) is 0 Å². The van der Waals surface area contributed by atoms with Gasteiger partial charge in [-0.25, -0.2) is 14.5 Å². The number of benzene rings is 3. The standard InChI is InChI=1S/C32H29N5O4S/c1-4-40-30(38)27-20(2)34-31-35-32(36-37(31)28(27)23-14-16-25(39-3)17-15-23)42-19-21-10-12-24(13-11-21)29-33-18-26(41-29)22-8-6-5-7-9-22/h5-18,28H,4,19H2,1-3H3,(H,34,35,36)/t28-/m1/s1. The van der Waals surface area contributed by atoms with Crippen molar-refractivity contribution in [1.29, 1.82) is 0 Å². The predicted octanol–water partition coefficient (Wildman–Crippen LogP) is 6.75. The number of esters is 1. The van der Waals surface area contributed by atoms with Crippen molar-refractivity contribution in [2.75, 3.05) is 19.0 Å². The number of nitrogens with one attached hydrogen (secondary N) is 1. The Hall–Kier alpha value is -4.83. The Morgan fingerprint density at radius 1 is 1.02 bits per heavy atom. The first-order valence-electron chi connectivity index (χ1n) is 13.5. The van der Waals surface area contributed by atoms with Gasteiger partial charge in [0.1, 0.15) is 11.8 Å². The lowest BCUT2D eigenvalue weighted by atomic mass is 9.96. The van der Waals surface area contributed by atoms with Gasteiger partial charge in [0.05, 0.1) is 25.5 Å². The van der Waals surface area contributed by atoms with Crippen molar-refractivity contribution in [3.8, 4) is 28.5 Å². The van der Waals surface area contributed by atoms with Crippen LogP contribution < -0.4 is 10.1 Å². The number of carbonyl (C=O) groups excluding carboxylic acids is 1. The largest absolute Gasteiger partial charge is 0.497 e. The summed E-state index contributed by atoms with van der Waals surface area (Å²) < 4.78 is 18.5. The number of allylic oxidation sites excluding steroid dienone is 1. The molecule has 1 N–H and O–H groups in total. The second kappa shape index (κ2) is 12.0. The van der Waals surface area contributed by atoms with E-state index in [4.69, 9.17) is 24.0 Å². The van der Waals surface area contributed by atoms with E-state index >= 15 is 0 Å². The van der Waals surface area contributed by atoms with Crippen LogP contribution in [0.1, 0.15) is 31.0 Å². The van der Waals surface area contributed by atoms with Crippen molar-refractivity contribution in [1.82, 2.24) is 19.7 Å². The normalized spacial score (nSPS) is 14.3. The topological polar surface area (TPSA) is 104 Å². The van der Waals surface area contributed by atoms with E-state index in [0.29, 0.717) is 34.0 Å². The number of hydrogen-bond donors (Lipinski definition) is 1. The fraction of sp³-hybridized carbons (Fsp3) is 0.188. The van der Waals surface area contributed by atoms with Gasteiger partial charge in [-0.2, -0.15) is 4.98 Å². The monoisotopic (exact) mass is 579 g/mol. The van der Waals surface area contributed by atoms with Crippen LogP contribution in [0.4, 0.5) is 5.95 Å². The minimum atomic E-state index is -0.492. The number of ether oxygens (including phenoxy) is 2. The molecule has 1 aliphatic rings. The van der Waals surface area contributed by atoms with Crippen LogP contribution in [-0.4, -0.2) is 39.4 Å².